The Morgan fingerprint density at radius 2 is 1.77 bits per heavy atom. The van der Waals surface area contributed by atoms with Crippen LogP contribution in [0.4, 0.5) is 18.0 Å². The predicted octanol–water partition coefficient (Wildman–Crippen LogP) is 4.29. The summed E-state index contributed by atoms with van der Waals surface area (Å²) in [4.78, 5) is 38.2. The van der Waals surface area contributed by atoms with Crippen LogP contribution < -0.4 is 10.6 Å². The van der Waals surface area contributed by atoms with Crippen molar-refractivity contribution < 1.29 is 27.6 Å². The first-order valence-corrected chi connectivity index (χ1v) is 9.28. The van der Waals surface area contributed by atoms with E-state index in [1.54, 1.807) is 41.0 Å². The maximum atomic E-state index is 14.0. The summed E-state index contributed by atoms with van der Waals surface area (Å²) in [6.45, 7) is 1.40. The van der Waals surface area contributed by atoms with E-state index >= 15 is 0 Å². The molecule has 4 amide bonds. The van der Waals surface area contributed by atoms with E-state index in [0.717, 1.165) is 12.1 Å². The van der Waals surface area contributed by atoms with Crippen LogP contribution in [-0.2, 0) is 4.79 Å². The highest BCUT2D eigenvalue weighted by molar-refractivity contribution is 6.36. The third kappa shape index (κ3) is 3.70. The number of benzene rings is 2. The summed E-state index contributed by atoms with van der Waals surface area (Å²) in [6.07, 6.45) is -5.33. The molecule has 2 aromatic rings. The van der Waals surface area contributed by atoms with Gasteiger partial charge >= 0.3 is 12.2 Å². The minimum Gasteiger partial charge on any atom is -0.314 e. The molecule has 2 aromatic carbocycles. The summed E-state index contributed by atoms with van der Waals surface area (Å²) in [5, 5.41) is 3.15. The van der Waals surface area contributed by atoms with Crippen LogP contribution in [0.5, 0.6) is 0 Å². The average molecular weight is 460 g/mol. The number of amides is 4. The van der Waals surface area contributed by atoms with Crippen LogP contribution in [-0.4, -0.2) is 34.6 Å². The Hall–Kier alpha value is -2.78. The normalized spacial score (nSPS) is 20.1. The summed E-state index contributed by atoms with van der Waals surface area (Å²) < 4.78 is 42.0. The van der Waals surface area contributed by atoms with Crippen LogP contribution in [0, 0.1) is 0 Å². The molecule has 2 unspecified atom stereocenters. The summed E-state index contributed by atoms with van der Waals surface area (Å²) >= 11 is 11.6. The maximum Gasteiger partial charge on any atom is 0.440 e. The fourth-order valence-corrected chi connectivity index (χ4v) is 3.53. The number of nitrogens with one attached hydrogen (secondary N) is 2. The maximum absolute atomic E-state index is 14.0. The first-order chi connectivity index (χ1) is 14.0. The van der Waals surface area contributed by atoms with Gasteiger partial charge in [0.2, 0.25) is 0 Å². The van der Waals surface area contributed by atoms with Gasteiger partial charge in [-0.15, -0.1) is 0 Å². The third-order valence-corrected chi connectivity index (χ3v) is 5.17. The lowest BCUT2D eigenvalue weighted by Crippen LogP contribution is -2.69. The second-order valence-corrected chi connectivity index (χ2v) is 7.36. The van der Waals surface area contributed by atoms with Crippen LogP contribution >= 0.6 is 23.2 Å². The van der Waals surface area contributed by atoms with Crippen molar-refractivity contribution in [3.05, 3.63) is 69.7 Å². The Balaban J connectivity index is 1.99. The Labute approximate surface area is 178 Å². The van der Waals surface area contributed by atoms with Gasteiger partial charge in [-0.3, -0.25) is 19.8 Å². The van der Waals surface area contributed by atoms with Gasteiger partial charge in [-0.05, 0) is 30.7 Å². The molecular formula is C19H14Cl2F3N3O3. The highest BCUT2D eigenvalue weighted by Crippen LogP contribution is 2.37. The van der Waals surface area contributed by atoms with E-state index in [0.29, 0.717) is 10.5 Å². The average Bonchev–Trinajstić information content (AvgIpc) is 2.92. The SMILES string of the molecule is CC(c1ccccc1)N1C(=O)NC(NC(=O)c2ccc(Cl)cc2Cl)(C(F)(F)F)C1=O. The van der Waals surface area contributed by atoms with Crippen LogP contribution in [0.15, 0.2) is 48.5 Å². The highest BCUT2D eigenvalue weighted by Gasteiger charge is 2.69. The molecule has 30 heavy (non-hydrogen) atoms. The third-order valence-electron chi connectivity index (χ3n) is 4.62. The quantitative estimate of drug-likeness (QED) is 0.669. The molecular weight excluding hydrogens is 446 g/mol. The molecule has 0 aromatic heterocycles. The molecule has 2 atom stereocenters. The predicted molar refractivity (Wildman–Crippen MR) is 103 cm³/mol. The van der Waals surface area contributed by atoms with Crippen molar-refractivity contribution in [2.45, 2.75) is 24.8 Å². The summed E-state index contributed by atoms with van der Waals surface area (Å²) in [5.41, 5.74) is -3.56. The molecule has 11 heteroatoms. The van der Waals surface area contributed by atoms with Crippen molar-refractivity contribution in [3.8, 4) is 0 Å². The lowest BCUT2D eigenvalue weighted by Gasteiger charge is -2.30. The molecule has 0 saturated carbocycles. The van der Waals surface area contributed by atoms with E-state index in [2.05, 4.69) is 0 Å². The molecule has 2 N–H and O–H groups in total. The van der Waals surface area contributed by atoms with E-state index in [1.807, 2.05) is 0 Å². The van der Waals surface area contributed by atoms with Crippen LogP contribution in [0.2, 0.25) is 10.0 Å². The van der Waals surface area contributed by atoms with Gasteiger partial charge < -0.3 is 5.32 Å². The van der Waals surface area contributed by atoms with Crippen LogP contribution in [0.1, 0.15) is 28.9 Å². The van der Waals surface area contributed by atoms with Crippen molar-refractivity contribution in [2.24, 2.45) is 0 Å². The number of carbonyl (C=O) groups excluding carboxylic acids is 3. The van der Waals surface area contributed by atoms with Crippen molar-refractivity contribution >= 4 is 41.0 Å². The monoisotopic (exact) mass is 459 g/mol. The smallest absolute Gasteiger partial charge is 0.314 e. The van der Waals surface area contributed by atoms with E-state index in [9.17, 15) is 27.6 Å². The summed E-state index contributed by atoms with van der Waals surface area (Å²) in [7, 11) is 0. The summed E-state index contributed by atoms with van der Waals surface area (Å²) in [6, 6.07) is 9.24. The van der Waals surface area contributed by atoms with Crippen molar-refractivity contribution in [2.75, 3.05) is 0 Å². The molecule has 6 nitrogen and oxygen atoms in total. The lowest BCUT2D eigenvalue weighted by molar-refractivity contribution is -0.200. The van der Waals surface area contributed by atoms with Gasteiger partial charge in [0.15, 0.2) is 0 Å². The molecule has 0 radical (unpaired) electrons. The number of urea groups is 1. The van der Waals surface area contributed by atoms with Crippen molar-refractivity contribution in [3.63, 3.8) is 0 Å². The second kappa shape index (κ2) is 7.81. The number of carbonyl (C=O) groups is 3. The van der Waals surface area contributed by atoms with Gasteiger partial charge in [-0.1, -0.05) is 53.5 Å². The molecule has 1 aliphatic heterocycles. The van der Waals surface area contributed by atoms with Gasteiger partial charge in [0.25, 0.3) is 17.5 Å². The minimum absolute atomic E-state index is 0.162. The fraction of sp³-hybridized carbons (Fsp3) is 0.211. The molecule has 1 saturated heterocycles. The number of hydrogen-bond acceptors (Lipinski definition) is 3. The standard InChI is InChI=1S/C19H14Cl2F3N3O3/c1-10(11-5-3-2-4-6-11)27-16(29)18(19(22,23)24,26-17(27)30)25-15(28)13-8-7-12(20)9-14(13)21/h2-10H,1H3,(H,25,28)(H,26,30). The number of hydrogen-bond donors (Lipinski definition) is 2. The number of rotatable bonds is 4. The first kappa shape index (κ1) is 21.9. The van der Waals surface area contributed by atoms with Gasteiger partial charge in [-0.25, -0.2) is 4.79 Å². The van der Waals surface area contributed by atoms with Gasteiger partial charge in [0.05, 0.1) is 16.6 Å². The zero-order chi connectivity index (χ0) is 22.3. The number of alkyl halides is 3. The fourth-order valence-electron chi connectivity index (χ4n) is 3.04. The highest BCUT2D eigenvalue weighted by atomic mass is 35.5. The molecule has 1 aliphatic rings. The molecule has 158 valence electrons. The van der Waals surface area contributed by atoms with Gasteiger partial charge in [0.1, 0.15) is 0 Å². The molecule has 0 bridgehead atoms. The Bertz CT molecular complexity index is 1020. The first-order valence-electron chi connectivity index (χ1n) is 8.53. The zero-order valence-electron chi connectivity index (χ0n) is 15.3. The molecule has 1 fully saturated rings. The van der Waals surface area contributed by atoms with E-state index < -0.39 is 35.7 Å². The van der Waals surface area contributed by atoms with Crippen molar-refractivity contribution in [1.29, 1.82) is 0 Å². The molecule has 1 heterocycles. The second-order valence-electron chi connectivity index (χ2n) is 6.52. The Morgan fingerprint density at radius 1 is 1.13 bits per heavy atom. The Kier molecular flexibility index (Phi) is 5.70. The van der Waals surface area contributed by atoms with Crippen LogP contribution in [0.25, 0.3) is 0 Å². The van der Waals surface area contributed by atoms with E-state index in [4.69, 9.17) is 23.2 Å². The summed E-state index contributed by atoms with van der Waals surface area (Å²) in [5.74, 6) is -2.97. The number of imide groups is 1. The van der Waals surface area contributed by atoms with Crippen LogP contribution in [0.3, 0.4) is 0 Å². The van der Waals surface area contributed by atoms with Gasteiger partial charge in [0, 0.05) is 5.02 Å². The molecule has 3 rings (SSSR count). The van der Waals surface area contributed by atoms with E-state index in [-0.39, 0.29) is 15.6 Å². The number of halogens is 5. The van der Waals surface area contributed by atoms with Gasteiger partial charge in [-0.2, -0.15) is 13.2 Å². The van der Waals surface area contributed by atoms with E-state index in [1.165, 1.54) is 13.0 Å². The molecule has 0 aliphatic carbocycles. The molecule has 0 spiro atoms. The topological polar surface area (TPSA) is 78.5 Å². The van der Waals surface area contributed by atoms with Crippen molar-refractivity contribution in [1.82, 2.24) is 15.5 Å². The minimum atomic E-state index is -5.33. The zero-order valence-corrected chi connectivity index (χ0v) is 16.8. The largest absolute Gasteiger partial charge is 0.440 e. The Morgan fingerprint density at radius 3 is 2.33 bits per heavy atom. The lowest BCUT2D eigenvalue weighted by atomic mass is 10.0. The number of nitrogens with zero attached hydrogens (tertiary/aromatic N) is 1.